The number of carbonyl (C=O) groups is 1. The summed E-state index contributed by atoms with van der Waals surface area (Å²) in [6, 6.07) is 5.02. The van der Waals surface area contributed by atoms with Crippen LogP contribution in [0.25, 0.3) is 5.69 Å². The molecule has 2 N–H and O–H groups in total. The predicted octanol–water partition coefficient (Wildman–Crippen LogP) is 2.15. The average Bonchev–Trinajstić information content (AvgIpc) is 2.71. The van der Waals surface area contributed by atoms with Gasteiger partial charge in [0, 0.05) is 4.47 Å². The molecule has 19 heavy (non-hydrogen) atoms. The van der Waals surface area contributed by atoms with E-state index in [1.54, 1.807) is 18.2 Å². The molecule has 0 atom stereocenters. The maximum atomic E-state index is 11.8. The molecule has 0 unspecified atom stereocenters. The fraction of sp³-hybridized carbons (Fsp3) is 0.100. The van der Waals surface area contributed by atoms with Crippen molar-refractivity contribution in [2.24, 2.45) is 0 Å². The van der Waals surface area contributed by atoms with E-state index in [0.29, 0.717) is 10.7 Å². The lowest BCUT2D eigenvalue weighted by Crippen LogP contribution is -2.16. The number of carboxylic acid groups (broad SMARTS) is 1. The van der Waals surface area contributed by atoms with Crippen LogP contribution in [-0.4, -0.2) is 31.6 Å². The van der Waals surface area contributed by atoms with Crippen LogP contribution in [0, 0.1) is 0 Å². The number of hydrogen-bond acceptors (Lipinski definition) is 4. The highest BCUT2D eigenvalue weighted by Crippen LogP contribution is 2.26. The maximum Gasteiger partial charge on any atom is 0.348 e. The van der Waals surface area contributed by atoms with Crippen LogP contribution in [0.4, 0.5) is 0 Å². The molecular formula is C10H7BrClN3O3S. The Morgan fingerprint density at radius 3 is 3.00 bits per heavy atom. The molecule has 0 saturated heterocycles. The van der Waals surface area contributed by atoms with E-state index in [-0.39, 0.29) is 10.9 Å². The minimum Gasteiger partial charge on any atom is -0.481 e. The van der Waals surface area contributed by atoms with Gasteiger partial charge in [0.2, 0.25) is 0 Å². The molecule has 2 aromatic rings. The van der Waals surface area contributed by atoms with E-state index in [2.05, 4.69) is 26.1 Å². The summed E-state index contributed by atoms with van der Waals surface area (Å²) < 4.78 is 1.98. The second-order valence-corrected chi connectivity index (χ2v) is 5.69. The van der Waals surface area contributed by atoms with Crippen molar-refractivity contribution in [2.75, 3.05) is 5.75 Å². The quantitative estimate of drug-likeness (QED) is 0.812. The smallest absolute Gasteiger partial charge is 0.348 e. The van der Waals surface area contributed by atoms with Crippen LogP contribution in [0.3, 0.4) is 0 Å². The fourth-order valence-electron chi connectivity index (χ4n) is 1.38. The molecule has 0 aliphatic rings. The maximum absolute atomic E-state index is 11.8. The number of benzene rings is 1. The number of H-pyrrole nitrogens is 1. The lowest BCUT2D eigenvalue weighted by atomic mass is 10.3. The number of halogens is 2. The molecule has 2 rings (SSSR count). The van der Waals surface area contributed by atoms with Gasteiger partial charge in [-0.15, -0.1) is 5.10 Å². The number of carboxylic acids is 1. The summed E-state index contributed by atoms with van der Waals surface area (Å²) >= 11 is 10.3. The third-order valence-electron chi connectivity index (χ3n) is 2.12. The molecule has 6 nitrogen and oxygen atoms in total. The van der Waals surface area contributed by atoms with Gasteiger partial charge in [-0.3, -0.25) is 4.79 Å². The zero-order chi connectivity index (χ0) is 14.0. The van der Waals surface area contributed by atoms with Gasteiger partial charge in [-0.05, 0) is 18.2 Å². The van der Waals surface area contributed by atoms with Crippen molar-refractivity contribution in [3.05, 3.63) is 38.2 Å². The van der Waals surface area contributed by atoms with Crippen LogP contribution in [0.15, 0.2) is 32.6 Å². The van der Waals surface area contributed by atoms with Crippen LogP contribution in [0.1, 0.15) is 0 Å². The molecular weight excluding hydrogens is 358 g/mol. The molecule has 0 aliphatic carbocycles. The van der Waals surface area contributed by atoms with Crippen molar-refractivity contribution < 1.29 is 9.90 Å². The highest BCUT2D eigenvalue weighted by Gasteiger charge is 2.15. The third kappa shape index (κ3) is 3.20. The first kappa shape index (κ1) is 14.2. The monoisotopic (exact) mass is 363 g/mol. The van der Waals surface area contributed by atoms with Gasteiger partial charge in [0.1, 0.15) is 0 Å². The van der Waals surface area contributed by atoms with Gasteiger partial charge in [0.25, 0.3) is 0 Å². The first-order chi connectivity index (χ1) is 8.99. The molecule has 1 heterocycles. The molecule has 0 amide bonds. The van der Waals surface area contributed by atoms with E-state index >= 15 is 0 Å². The highest BCUT2D eigenvalue weighted by molar-refractivity contribution is 9.10. The standard InChI is InChI=1S/C10H7BrClN3O3S/c11-5-1-2-6(12)7(3-5)15-9(18)13-14-10(15)19-4-8(16)17/h1-3H,4H2,(H,13,18)(H,16,17). The third-order valence-corrected chi connectivity index (χ3v) is 3.85. The lowest BCUT2D eigenvalue weighted by Gasteiger charge is -2.07. The largest absolute Gasteiger partial charge is 0.481 e. The Bertz CT molecular complexity index is 685. The van der Waals surface area contributed by atoms with Gasteiger partial charge >= 0.3 is 11.7 Å². The Morgan fingerprint density at radius 2 is 2.32 bits per heavy atom. The van der Waals surface area contributed by atoms with Crippen LogP contribution < -0.4 is 5.69 Å². The number of aromatic nitrogens is 3. The van der Waals surface area contributed by atoms with Crippen molar-refractivity contribution in [3.63, 3.8) is 0 Å². The Labute approximate surface area is 124 Å². The minimum absolute atomic E-state index is 0.198. The summed E-state index contributed by atoms with van der Waals surface area (Å²) in [5.41, 5.74) is -0.0458. The molecule has 100 valence electrons. The summed E-state index contributed by atoms with van der Waals surface area (Å²) in [5, 5.41) is 15.3. The average molecular weight is 365 g/mol. The molecule has 1 aromatic carbocycles. The molecule has 0 bridgehead atoms. The van der Waals surface area contributed by atoms with Gasteiger partial charge in [-0.1, -0.05) is 39.3 Å². The number of aromatic amines is 1. The first-order valence-corrected chi connectivity index (χ1v) is 7.12. The van der Waals surface area contributed by atoms with E-state index in [4.69, 9.17) is 16.7 Å². The Kier molecular flexibility index (Phi) is 4.33. The van der Waals surface area contributed by atoms with Gasteiger partial charge < -0.3 is 5.11 Å². The normalized spacial score (nSPS) is 10.6. The van der Waals surface area contributed by atoms with Crippen LogP contribution in [-0.2, 0) is 4.79 Å². The molecule has 0 fully saturated rings. The SMILES string of the molecule is O=C(O)CSc1n[nH]c(=O)n1-c1cc(Br)ccc1Cl. The Balaban J connectivity index is 2.49. The molecule has 0 saturated carbocycles. The van der Waals surface area contributed by atoms with Crippen molar-refractivity contribution in [3.8, 4) is 5.69 Å². The topological polar surface area (TPSA) is 88.0 Å². The minimum atomic E-state index is -0.993. The molecule has 1 aromatic heterocycles. The van der Waals surface area contributed by atoms with Gasteiger partial charge in [0.05, 0.1) is 16.5 Å². The van der Waals surface area contributed by atoms with Crippen molar-refractivity contribution in [1.82, 2.24) is 14.8 Å². The van der Waals surface area contributed by atoms with Gasteiger partial charge in [-0.2, -0.15) is 0 Å². The Hall–Kier alpha value is -1.25. The second-order valence-electron chi connectivity index (χ2n) is 3.42. The number of nitrogens with one attached hydrogen (secondary N) is 1. The van der Waals surface area contributed by atoms with Crippen molar-refractivity contribution >= 4 is 45.3 Å². The second kappa shape index (κ2) is 5.81. The van der Waals surface area contributed by atoms with Crippen LogP contribution in [0.5, 0.6) is 0 Å². The number of thioether (sulfide) groups is 1. The number of rotatable bonds is 4. The van der Waals surface area contributed by atoms with E-state index in [0.717, 1.165) is 16.2 Å². The molecule has 9 heteroatoms. The number of hydrogen-bond donors (Lipinski definition) is 2. The predicted molar refractivity (Wildman–Crippen MR) is 75.3 cm³/mol. The van der Waals surface area contributed by atoms with E-state index in [1.807, 2.05) is 0 Å². The van der Waals surface area contributed by atoms with Crippen LogP contribution in [0.2, 0.25) is 5.02 Å². The van der Waals surface area contributed by atoms with Crippen LogP contribution >= 0.6 is 39.3 Å². The summed E-state index contributed by atoms with van der Waals surface area (Å²) in [7, 11) is 0. The summed E-state index contributed by atoms with van der Waals surface area (Å²) in [5.74, 6) is -1.19. The van der Waals surface area contributed by atoms with E-state index < -0.39 is 11.7 Å². The van der Waals surface area contributed by atoms with Gasteiger partial charge in [0.15, 0.2) is 5.16 Å². The highest BCUT2D eigenvalue weighted by atomic mass is 79.9. The van der Waals surface area contributed by atoms with E-state index in [1.165, 1.54) is 4.57 Å². The first-order valence-electron chi connectivity index (χ1n) is 4.96. The lowest BCUT2D eigenvalue weighted by molar-refractivity contribution is -0.133. The van der Waals surface area contributed by atoms with Crippen molar-refractivity contribution in [2.45, 2.75) is 5.16 Å². The summed E-state index contributed by atoms with van der Waals surface area (Å²) in [4.78, 5) is 22.3. The molecule has 0 aliphatic heterocycles. The number of nitrogens with zero attached hydrogens (tertiary/aromatic N) is 2. The summed E-state index contributed by atoms with van der Waals surface area (Å²) in [6.45, 7) is 0. The van der Waals surface area contributed by atoms with Crippen molar-refractivity contribution in [1.29, 1.82) is 0 Å². The molecule has 0 spiro atoms. The molecule has 0 radical (unpaired) electrons. The number of aliphatic carboxylic acids is 1. The Morgan fingerprint density at radius 1 is 1.58 bits per heavy atom. The van der Waals surface area contributed by atoms with E-state index in [9.17, 15) is 9.59 Å². The summed E-state index contributed by atoms with van der Waals surface area (Å²) in [6.07, 6.45) is 0. The fourth-order valence-corrected chi connectivity index (χ4v) is 2.60. The zero-order valence-electron chi connectivity index (χ0n) is 9.26. The zero-order valence-corrected chi connectivity index (χ0v) is 12.4. The van der Waals surface area contributed by atoms with Gasteiger partial charge in [-0.25, -0.2) is 14.5 Å².